The molecule has 0 unspecified atom stereocenters. The molecule has 7 nitrogen and oxygen atoms in total. The third-order valence-corrected chi connectivity index (χ3v) is 2.92. The Morgan fingerprint density at radius 3 is 2.09 bits per heavy atom. The lowest BCUT2D eigenvalue weighted by Gasteiger charge is -2.09. The van der Waals surface area contributed by atoms with Gasteiger partial charge in [-0.3, -0.25) is 0 Å². The standard InChI is InChI=1S/C15H14N2O5/c1-22-11-4-2-9(3-5-11)8-16-10-6-12(14(18)19)17-13(7-10)15(20)21/h2-7H,8H2,1H3,(H,16,17)(H,18,19)(H,20,21). The quantitative estimate of drug-likeness (QED) is 0.749. The third-order valence-electron chi connectivity index (χ3n) is 2.92. The van der Waals surface area contributed by atoms with Gasteiger partial charge in [0.2, 0.25) is 0 Å². The monoisotopic (exact) mass is 302 g/mol. The van der Waals surface area contributed by atoms with Crippen molar-refractivity contribution in [2.75, 3.05) is 12.4 Å². The minimum absolute atomic E-state index is 0.322. The van der Waals surface area contributed by atoms with Crippen molar-refractivity contribution in [1.29, 1.82) is 0 Å². The predicted molar refractivity (Wildman–Crippen MR) is 78.5 cm³/mol. The van der Waals surface area contributed by atoms with E-state index in [-0.39, 0.29) is 11.4 Å². The minimum atomic E-state index is -1.28. The van der Waals surface area contributed by atoms with Crippen LogP contribution >= 0.6 is 0 Å². The van der Waals surface area contributed by atoms with Gasteiger partial charge in [0.25, 0.3) is 0 Å². The second-order valence-corrected chi connectivity index (χ2v) is 4.44. The van der Waals surface area contributed by atoms with Crippen molar-refractivity contribution >= 4 is 17.6 Å². The summed E-state index contributed by atoms with van der Waals surface area (Å²) in [7, 11) is 1.57. The number of carboxylic acids is 2. The lowest BCUT2D eigenvalue weighted by molar-refractivity contribution is 0.0685. The maximum Gasteiger partial charge on any atom is 0.354 e. The normalized spacial score (nSPS) is 10.0. The zero-order valence-corrected chi connectivity index (χ0v) is 11.7. The molecule has 0 bridgehead atoms. The lowest BCUT2D eigenvalue weighted by atomic mass is 10.2. The van der Waals surface area contributed by atoms with Gasteiger partial charge >= 0.3 is 11.9 Å². The highest BCUT2D eigenvalue weighted by atomic mass is 16.5. The molecule has 114 valence electrons. The van der Waals surface area contributed by atoms with Crippen LogP contribution in [0, 0.1) is 0 Å². The van der Waals surface area contributed by atoms with E-state index in [0.29, 0.717) is 12.2 Å². The number of aromatic carboxylic acids is 2. The SMILES string of the molecule is COc1ccc(CNc2cc(C(=O)O)nc(C(=O)O)c2)cc1. The molecule has 0 atom stereocenters. The first-order valence-electron chi connectivity index (χ1n) is 6.35. The number of hydrogen-bond donors (Lipinski definition) is 3. The van der Waals surface area contributed by atoms with Crippen LogP contribution in [0.1, 0.15) is 26.5 Å². The van der Waals surface area contributed by atoms with E-state index < -0.39 is 11.9 Å². The molecule has 1 aromatic heterocycles. The van der Waals surface area contributed by atoms with Gasteiger partial charge in [0.05, 0.1) is 7.11 Å². The fourth-order valence-corrected chi connectivity index (χ4v) is 1.80. The molecule has 2 rings (SSSR count). The van der Waals surface area contributed by atoms with Crippen molar-refractivity contribution in [3.05, 3.63) is 53.3 Å². The van der Waals surface area contributed by atoms with Gasteiger partial charge < -0.3 is 20.3 Å². The topological polar surface area (TPSA) is 109 Å². The van der Waals surface area contributed by atoms with Crippen molar-refractivity contribution in [2.24, 2.45) is 0 Å². The number of methoxy groups -OCH3 is 1. The van der Waals surface area contributed by atoms with E-state index in [1.165, 1.54) is 12.1 Å². The Morgan fingerprint density at radius 1 is 1.09 bits per heavy atom. The van der Waals surface area contributed by atoms with Crippen LogP contribution in [-0.4, -0.2) is 34.2 Å². The molecule has 1 heterocycles. The fourth-order valence-electron chi connectivity index (χ4n) is 1.80. The molecule has 0 amide bonds. The van der Waals surface area contributed by atoms with Crippen LogP contribution in [0.2, 0.25) is 0 Å². The highest BCUT2D eigenvalue weighted by molar-refractivity contribution is 5.91. The van der Waals surface area contributed by atoms with Crippen molar-refractivity contribution in [3.63, 3.8) is 0 Å². The maximum absolute atomic E-state index is 11.0. The number of aromatic nitrogens is 1. The van der Waals surface area contributed by atoms with Crippen LogP contribution in [0.15, 0.2) is 36.4 Å². The Balaban J connectivity index is 2.17. The Labute approximate surface area is 126 Å². The number of carbonyl (C=O) groups is 2. The van der Waals surface area contributed by atoms with Gasteiger partial charge in [-0.15, -0.1) is 0 Å². The highest BCUT2D eigenvalue weighted by Crippen LogP contribution is 2.15. The summed E-state index contributed by atoms with van der Waals surface area (Å²) >= 11 is 0. The molecule has 0 saturated heterocycles. The van der Waals surface area contributed by atoms with Crippen LogP contribution in [-0.2, 0) is 6.54 Å². The van der Waals surface area contributed by atoms with Crippen LogP contribution in [0.3, 0.4) is 0 Å². The summed E-state index contributed by atoms with van der Waals surface area (Å²) < 4.78 is 5.06. The van der Waals surface area contributed by atoms with Crippen LogP contribution in [0.4, 0.5) is 5.69 Å². The smallest absolute Gasteiger partial charge is 0.354 e. The molecule has 2 aromatic rings. The molecule has 0 aliphatic heterocycles. The van der Waals surface area contributed by atoms with Gasteiger partial charge in [0, 0.05) is 12.2 Å². The van der Waals surface area contributed by atoms with Crippen LogP contribution in [0.25, 0.3) is 0 Å². The van der Waals surface area contributed by atoms with E-state index in [1.807, 2.05) is 12.1 Å². The van der Waals surface area contributed by atoms with Gasteiger partial charge in [-0.05, 0) is 29.8 Å². The Hall–Kier alpha value is -3.09. The number of ether oxygens (including phenoxy) is 1. The summed E-state index contributed by atoms with van der Waals surface area (Å²) in [4.78, 5) is 25.5. The highest BCUT2D eigenvalue weighted by Gasteiger charge is 2.13. The molecule has 0 spiro atoms. The summed E-state index contributed by atoms with van der Waals surface area (Å²) in [6.45, 7) is 0.409. The van der Waals surface area contributed by atoms with Gasteiger partial charge in [-0.25, -0.2) is 14.6 Å². The van der Waals surface area contributed by atoms with Gasteiger partial charge in [-0.2, -0.15) is 0 Å². The van der Waals surface area contributed by atoms with Gasteiger partial charge in [0.1, 0.15) is 5.75 Å². The van der Waals surface area contributed by atoms with Crippen molar-refractivity contribution in [1.82, 2.24) is 4.98 Å². The predicted octanol–water partition coefficient (Wildman–Crippen LogP) is 2.10. The first kappa shape index (κ1) is 15.3. The molecule has 3 N–H and O–H groups in total. The Kier molecular flexibility index (Phi) is 4.57. The van der Waals surface area contributed by atoms with Crippen LogP contribution < -0.4 is 10.1 Å². The molecule has 0 saturated carbocycles. The van der Waals surface area contributed by atoms with Crippen molar-refractivity contribution in [3.8, 4) is 5.75 Å². The molecule has 0 fully saturated rings. The summed E-state index contributed by atoms with van der Waals surface area (Å²) in [6.07, 6.45) is 0. The average molecular weight is 302 g/mol. The summed E-state index contributed by atoms with van der Waals surface area (Å²) in [5.74, 6) is -1.83. The van der Waals surface area contributed by atoms with Crippen LogP contribution in [0.5, 0.6) is 5.75 Å². The summed E-state index contributed by atoms with van der Waals surface area (Å²) in [5.41, 5.74) is 0.668. The average Bonchev–Trinajstić information content (AvgIpc) is 2.53. The number of nitrogens with one attached hydrogen (secondary N) is 1. The molecule has 0 aliphatic rings. The van der Waals surface area contributed by atoms with Crippen molar-refractivity contribution in [2.45, 2.75) is 6.54 Å². The van der Waals surface area contributed by atoms with Gasteiger partial charge in [-0.1, -0.05) is 12.1 Å². The van der Waals surface area contributed by atoms with Crippen molar-refractivity contribution < 1.29 is 24.5 Å². The van der Waals surface area contributed by atoms with E-state index in [9.17, 15) is 9.59 Å². The van der Waals surface area contributed by atoms with E-state index in [1.54, 1.807) is 19.2 Å². The zero-order valence-electron chi connectivity index (χ0n) is 11.7. The number of pyridine rings is 1. The fraction of sp³-hybridized carbons (Fsp3) is 0.133. The van der Waals surface area contributed by atoms with E-state index in [2.05, 4.69) is 10.3 Å². The largest absolute Gasteiger partial charge is 0.497 e. The van der Waals surface area contributed by atoms with E-state index >= 15 is 0 Å². The number of benzene rings is 1. The molecular formula is C15H14N2O5. The Morgan fingerprint density at radius 2 is 1.64 bits per heavy atom. The zero-order chi connectivity index (χ0) is 16.1. The molecule has 0 aliphatic carbocycles. The first-order chi connectivity index (χ1) is 10.5. The van der Waals surface area contributed by atoms with E-state index in [0.717, 1.165) is 11.3 Å². The number of anilines is 1. The lowest BCUT2D eigenvalue weighted by Crippen LogP contribution is -2.10. The molecule has 1 aromatic carbocycles. The van der Waals surface area contributed by atoms with Gasteiger partial charge in [0.15, 0.2) is 11.4 Å². The number of carboxylic acid groups (broad SMARTS) is 2. The number of nitrogens with zero attached hydrogens (tertiary/aromatic N) is 1. The summed E-state index contributed by atoms with van der Waals surface area (Å²) in [6, 6.07) is 9.88. The van der Waals surface area contributed by atoms with E-state index in [4.69, 9.17) is 14.9 Å². The molecular weight excluding hydrogens is 288 g/mol. The number of hydrogen-bond acceptors (Lipinski definition) is 5. The second-order valence-electron chi connectivity index (χ2n) is 4.44. The molecule has 22 heavy (non-hydrogen) atoms. The molecule has 0 radical (unpaired) electrons. The Bertz CT molecular complexity index is 665. The maximum atomic E-state index is 11.0. The minimum Gasteiger partial charge on any atom is -0.497 e. The molecule has 7 heteroatoms. The first-order valence-corrected chi connectivity index (χ1v) is 6.35. The second kappa shape index (κ2) is 6.57. The third kappa shape index (κ3) is 3.72. The number of rotatable bonds is 6. The summed E-state index contributed by atoms with van der Waals surface area (Å²) in [5, 5.41) is 20.9.